The van der Waals surface area contributed by atoms with Gasteiger partial charge in [-0.15, -0.1) is 0 Å². The van der Waals surface area contributed by atoms with Crippen LogP contribution in [0.2, 0.25) is 10.0 Å². The third-order valence-corrected chi connectivity index (χ3v) is 5.92. The number of methoxy groups -OCH3 is 1. The molecule has 2 amide bonds. The first-order valence-corrected chi connectivity index (χ1v) is 11.0. The number of fused-ring (bicyclic) bond motifs is 1. The van der Waals surface area contributed by atoms with Crippen LogP contribution in [0.5, 0.6) is 5.75 Å². The van der Waals surface area contributed by atoms with Crippen LogP contribution < -0.4 is 15.5 Å². The van der Waals surface area contributed by atoms with E-state index in [0.717, 1.165) is 12.0 Å². The van der Waals surface area contributed by atoms with E-state index in [4.69, 9.17) is 32.4 Å². The number of carbonyl (C=O) groups is 2. The molecule has 7 nitrogen and oxygen atoms in total. The van der Waals surface area contributed by atoms with Crippen LogP contribution in [0.1, 0.15) is 50.6 Å². The molecule has 4 rings (SSSR count). The maximum atomic E-state index is 12.9. The maximum Gasteiger partial charge on any atom is 0.291 e. The number of rotatable bonds is 5. The summed E-state index contributed by atoms with van der Waals surface area (Å²) in [6, 6.07) is 11.5. The van der Waals surface area contributed by atoms with E-state index in [2.05, 4.69) is 15.8 Å². The van der Waals surface area contributed by atoms with Gasteiger partial charge in [-0.3, -0.25) is 9.59 Å². The van der Waals surface area contributed by atoms with Crippen LogP contribution in [0.15, 0.2) is 52.0 Å². The largest absolute Gasteiger partial charge is 0.497 e. The number of amides is 2. The minimum atomic E-state index is -0.437. The third-order valence-electron chi connectivity index (χ3n) is 5.35. The molecule has 2 N–H and O–H groups in total. The molecule has 2 aromatic carbocycles. The van der Waals surface area contributed by atoms with E-state index in [1.54, 1.807) is 56.5 Å². The van der Waals surface area contributed by atoms with Gasteiger partial charge in [-0.1, -0.05) is 23.2 Å². The number of hydrogen-bond donors (Lipinski definition) is 2. The first-order chi connectivity index (χ1) is 15.9. The quantitative estimate of drug-likeness (QED) is 0.458. The van der Waals surface area contributed by atoms with E-state index in [9.17, 15) is 9.59 Å². The molecular weight excluding hydrogens is 465 g/mol. The number of benzene rings is 2. The van der Waals surface area contributed by atoms with Crippen LogP contribution in [0.25, 0.3) is 0 Å². The van der Waals surface area contributed by atoms with E-state index < -0.39 is 5.91 Å². The highest BCUT2D eigenvalue weighted by Crippen LogP contribution is 2.31. The molecule has 170 valence electrons. The van der Waals surface area contributed by atoms with Gasteiger partial charge < -0.3 is 14.5 Å². The number of aryl methyl sites for hydroxylation is 1. The molecule has 0 radical (unpaired) electrons. The van der Waals surface area contributed by atoms with E-state index in [1.165, 1.54) is 0 Å². The maximum absolute atomic E-state index is 12.9. The summed E-state index contributed by atoms with van der Waals surface area (Å²) in [6.45, 7) is 1.79. The third kappa shape index (κ3) is 4.89. The van der Waals surface area contributed by atoms with Gasteiger partial charge >= 0.3 is 0 Å². The first-order valence-electron chi connectivity index (χ1n) is 10.3. The van der Waals surface area contributed by atoms with Crippen LogP contribution in [-0.2, 0) is 6.42 Å². The first kappa shape index (κ1) is 22.9. The fourth-order valence-corrected chi connectivity index (χ4v) is 4.03. The summed E-state index contributed by atoms with van der Waals surface area (Å²) in [5.74, 6) is 0.721. The molecule has 0 bridgehead atoms. The lowest BCUT2D eigenvalue weighted by Crippen LogP contribution is -2.22. The summed E-state index contributed by atoms with van der Waals surface area (Å²) < 4.78 is 11.0. The van der Waals surface area contributed by atoms with Crippen molar-refractivity contribution in [1.82, 2.24) is 5.43 Å². The molecule has 0 aliphatic heterocycles. The second-order valence-corrected chi connectivity index (χ2v) is 8.36. The number of anilines is 1. The summed E-state index contributed by atoms with van der Waals surface area (Å²) in [4.78, 5) is 25.4. The van der Waals surface area contributed by atoms with E-state index in [1.807, 2.05) is 0 Å². The monoisotopic (exact) mass is 485 g/mol. The van der Waals surface area contributed by atoms with Crippen LogP contribution >= 0.6 is 23.2 Å². The van der Waals surface area contributed by atoms with Gasteiger partial charge in [-0.2, -0.15) is 5.10 Å². The summed E-state index contributed by atoms with van der Waals surface area (Å²) in [6.07, 6.45) is 2.11. The Kier molecular flexibility index (Phi) is 6.72. The van der Waals surface area contributed by atoms with Crippen molar-refractivity contribution in [2.45, 2.75) is 26.2 Å². The van der Waals surface area contributed by atoms with Gasteiger partial charge in [0, 0.05) is 28.1 Å². The summed E-state index contributed by atoms with van der Waals surface area (Å²) in [5, 5.41) is 7.90. The number of hydrazone groups is 1. The second kappa shape index (κ2) is 9.68. The zero-order valence-corrected chi connectivity index (χ0v) is 19.5. The van der Waals surface area contributed by atoms with Gasteiger partial charge in [0.1, 0.15) is 11.5 Å². The number of ether oxygens (including phenoxy) is 1. The van der Waals surface area contributed by atoms with Crippen LogP contribution in [0, 0.1) is 6.92 Å². The minimum absolute atomic E-state index is 0.173. The van der Waals surface area contributed by atoms with Gasteiger partial charge in [0.25, 0.3) is 11.8 Å². The zero-order chi connectivity index (χ0) is 23.5. The van der Waals surface area contributed by atoms with Crippen molar-refractivity contribution in [1.29, 1.82) is 0 Å². The Bertz CT molecular complexity index is 1250. The van der Waals surface area contributed by atoms with Crippen molar-refractivity contribution >= 4 is 46.4 Å². The molecular formula is C24H21Cl2N3O4. The van der Waals surface area contributed by atoms with Crippen molar-refractivity contribution in [3.8, 4) is 5.75 Å². The molecule has 0 unspecified atom stereocenters. The number of halogens is 2. The molecule has 33 heavy (non-hydrogen) atoms. The number of carbonyl (C=O) groups excluding carboxylic acids is 2. The lowest BCUT2D eigenvalue weighted by Gasteiger charge is -2.13. The SMILES string of the molecule is COc1ccc(C(=O)N/N=C2\CCCc3oc(C(=O)Nc4cc(Cl)ccc4Cl)c(C)c32)cc1. The van der Waals surface area contributed by atoms with Crippen LogP contribution in [-0.4, -0.2) is 24.6 Å². The predicted octanol–water partition coefficient (Wildman–Crippen LogP) is 5.63. The summed E-state index contributed by atoms with van der Waals surface area (Å²) in [7, 11) is 1.56. The molecule has 1 aliphatic carbocycles. The average molecular weight is 486 g/mol. The Morgan fingerprint density at radius 1 is 1.06 bits per heavy atom. The predicted molar refractivity (Wildman–Crippen MR) is 128 cm³/mol. The average Bonchev–Trinajstić information content (AvgIpc) is 3.17. The van der Waals surface area contributed by atoms with E-state index in [0.29, 0.717) is 56.9 Å². The minimum Gasteiger partial charge on any atom is -0.497 e. The fourth-order valence-electron chi connectivity index (χ4n) is 3.69. The second-order valence-electron chi connectivity index (χ2n) is 7.51. The van der Waals surface area contributed by atoms with E-state index >= 15 is 0 Å². The highest BCUT2D eigenvalue weighted by atomic mass is 35.5. The van der Waals surface area contributed by atoms with Crippen LogP contribution in [0.4, 0.5) is 5.69 Å². The van der Waals surface area contributed by atoms with Gasteiger partial charge in [-0.25, -0.2) is 5.43 Å². The normalized spacial score (nSPS) is 14.0. The van der Waals surface area contributed by atoms with Crippen molar-refractivity contribution < 1.29 is 18.7 Å². The molecule has 0 fully saturated rings. The highest BCUT2D eigenvalue weighted by molar-refractivity contribution is 6.35. The molecule has 3 aromatic rings. The summed E-state index contributed by atoms with van der Waals surface area (Å²) >= 11 is 12.2. The van der Waals surface area contributed by atoms with Crippen molar-refractivity contribution in [2.75, 3.05) is 12.4 Å². The lowest BCUT2D eigenvalue weighted by molar-refractivity contribution is 0.0953. The Balaban J connectivity index is 1.56. The van der Waals surface area contributed by atoms with E-state index in [-0.39, 0.29) is 11.7 Å². The molecule has 0 saturated carbocycles. The standard InChI is InChI=1S/C24H21Cl2N3O4/c1-13-21-18(28-29-23(30)14-6-9-16(32-2)10-7-14)4-3-5-20(21)33-22(13)24(31)27-19-12-15(25)8-11-17(19)26/h6-12H,3-5H2,1-2H3,(H,27,31)(H,29,30)/b28-18+. The number of nitrogens with zero attached hydrogens (tertiary/aromatic N) is 1. The van der Waals surface area contributed by atoms with Gasteiger partial charge in [-0.05, 0) is 62.2 Å². The number of nitrogens with one attached hydrogen (secondary N) is 2. The fraction of sp³-hybridized carbons (Fsp3) is 0.208. The zero-order valence-electron chi connectivity index (χ0n) is 18.0. The lowest BCUT2D eigenvalue weighted by atomic mass is 9.93. The van der Waals surface area contributed by atoms with Crippen LogP contribution in [0.3, 0.4) is 0 Å². The Labute approximate surface area is 200 Å². The topological polar surface area (TPSA) is 92.9 Å². The molecule has 0 atom stereocenters. The smallest absolute Gasteiger partial charge is 0.291 e. The molecule has 1 aromatic heterocycles. The number of furan rings is 1. The molecule has 1 aliphatic rings. The Morgan fingerprint density at radius 3 is 2.55 bits per heavy atom. The van der Waals surface area contributed by atoms with Crippen molar-refractivity contribution in [3.05, 3.63) is 80.7 Å². The molecule has 0 spiro atoms. The number of hydrogen-bond acceptors (Lipinski definition) is 5. The Hall–Kier alpha value is -3.29. The van der Waals surface area contributed by atoms with Crippen molar-refractivity contribution in [3.63, 3.8) is 0 Å². The molecule has 0 saturated heterocycles. The highest BCUT2D eigenvalue weighted by Gasteiger charge is 2.28. The molecule has 9 heteroatoms. The molecule has 1 heterocycles. The summed E-state index contributed by atoms with van der Waals surface area (Å²) in [5.41, 5.74) is 5.51. The Morgan fingerprint density at radius 2 is 1.82 bits per heavy atom. The van der Waals surface area contributed by atoms with Gasteiger partial charge in [0.05, 0.1) is 23.5 Å². The van der Waals surface area contributed by atoms with Gasteiger partial charge in [0.2, 0.25) is 0 Å². The van der Waals surface area contributed by atoms with Crippen molar-refractivity contribution in [2.24, 2.45) is 5.10 Å². The van der Waals surface area contributed by atoms with Gasteiger partial charge in [0.15, 0.2) is 5.76 Å².